The Labute approximate surface area is 134 Å². The van der Waals surface area contributed by atoms with Crippen LogP contribution < -0.4 is 0 Å². The van der Waals surface area contributed by atoms with Crippen LogP contribution in [0.2, 0.25) is 6.32 Å². The maximum Gasteiger partial charge on any atom is 0.458 e. The first-order valence-corrected chi connectivity index (χ1v) is 8.29. The van der Waals surface area contributed by atoms with Gasteiger partial charge in [0.2, 0.25) is 0 Å². The predicted molar refractivity (Wildman–Crippen MR) is 86.6 cm³/mol. The lowest BCUT2D eigenvalue weighted by Gasteiger charge is -2.32. The zero-order chi connectivity index (χ0) is 16.9. The molecule has 0 N–H and O–H groups in total. The Bertz CT molecular complexity index is 453. The number of hydrogen-bond donors (Lipinski definition) is 0. The molecular weight excluding hydrogens is 279 g/mol. The van der Waals surface area contributed by atoms with Crippen molar-refractivity contribution in [2.75, 3.05) is 0 Å². The molecule has 0 aromatic rings. The molecule has 2 rings (SSSR count). The fraction of sp³-hybridized carbons (Fsp3) is 0.882. The van der Waals surface area contributed by atoms with Crippen LogP contribution >= 0.6 is 0 Å². The van der Waals surface area contributed by atoms with Crippen LogP contribution in [0.5, 0.6) is 0 Å². The summed E-state index contributed by atoms with van der Waals surface area (Å²) in [6.45, 7) is 13.4. The van der Waals surface area contributed by atoms with Gasteiger partial charge in [-0.15, -0.1) is 0 Å². The molecule has 0 aromatic heterocycles. The average Bonchev–Trinajstić information content (AvgIpc) is 2.75. The van der Waals surface area contributed by atoms with E-state index in [0.717, 1.165) is 6.32 Å². The number of ketones is 2. The van der Waals surface area contributed by atoms with Crippen molar-refractivity contribution >= 4 is 18.7 Å². The van der Waals surface area contributed by atoms with Crippen LogP contribution in [0.4, 0.5) is 0 Å². The fourth-order valence-corrected chi connectivity index (χ4v) is 3.90. The van der Waals surface area contributed by atoms with E-state index in [4.69, 9.17) is 9.31 Å². The van der Waals surface area contributed by atoms with E-state index < -0.39 is 5.41 Å². The number of carbonyl (C=O) groups is 2. The molecule has 2 atom stereocenters. The van der Waals surface area contributed by atoms with E-state index in [9.17, 15) is 9.59 Å². The number of hydrogen-bond acceptors (Lipinski definition) is 4. The van der Waals surface area contributed by atoms with E-state index in [1.165, 1.54) is 0 Å². The van der Waals surface area contributed by atoms with Crippen molar-refractivity contribution < 1.29 is 18.9 Å². The summed E-state index contributed by atoms with van der Waals surface area (Å²) in [7, 11) is -0.257. The van der Waals surface area contributed by atoms with Crippen LogP contribution in [-0.2, 0) is 18.9 Å². The average molecular weight is 308 g/mol. The van der Waals surface area contributed by atoms with Gasteiger partial charge in [-0.3, -0.25) is 9.59 Å². The smallest absolute Gasteiger partial charge is 0.403 e. The topological polar surface area (TPSA) is 52.6 Å². The summed E-state index contributed by atoms with van der Waals surface area (Å²) in [6, 6.07) is 0. The maximum atomic E-state index is 12.1. The summed E-state index contributed by atoms with van der Waals surface area (Å²) < 4.78 is 12.1. The van der Waals surface area contributed by atoms with Gasteiger partial charge >= 0.3 is 7.12 Å². The third kappa shape index (κ3) is 2.78. The second kappa shape index (κ2) is 5.45. The van der Waals surface area contributed by atoms with Crippen LogP contribution in [0, 0.1) is 17.3 Å². The molecule has 0 bridgehead atoms. The quantitative estimate of drug-likeness (QED) is 0.591. The Morgan fingerprint density at radius 2 is 1.45 bits per heavy atom. The lowest BCUT2D eigenvalue weighted by atomic mass is 9.72. The van der Waals surface area contributed by atoms with Gasteiger partial charge in [-0.2, -0.15) is 0 Å². The highest BCUT2D eigenvalue weighted by atomic mass is 16.7. The monoisotopic (exact) mass is 308 g/mol. The molecule has 4 nitrogen and oxygen atoms in total. The number of Topliss-reactive ketones (excluding diaryl/α,β-unsaturated/α-hetero) is 2. The molecule has 0 radical (unpaired) electrons. The Kier molecular flexibility index (Phi) is 4.38. The number of rotatable bonds is 4. The van der Waals surface area contributed by atoms with E-state index in [0.29, 0.717) is 18.8 Å². The van der Waals surface area contributed by atoms with E-state index in [1.54, 1.807) is 13.8 Å². The first kappa shape index (κ1) is 17.7. The van der Waals surface area contributed by atoms with Gasteiger partial charge in [0.1, 0.15) is 11.6 Å². The molecule has 0 aromatic carbocycles. The molecule has 1 aliphatic heterocycles. The molecular formula is C17H29BO4. The highest BCUT2D eigenvalue weighted by molar-refractivity contribution is 6.45. The Morgan fingerprint density at radius 3 is 1.82 bits per heavy atom. The van der Waals surface area contributed by atoms with Gasteiger partial charge in [-0.05, 0) is 72.5 Å². The second-order valence-corrected chi connectivity index (χ2v) is 8.26. The maximum absolute atomic E-state index is 12.1. The first-order chi connectivity index (χ1) is 9.91. The van der Waals surface area contributed by atoms with Crippen molar-refractivity contribution in [3.8, 4) is 0 Å². The molecule has 1 saturated heterocycles. The summed E-state index contributed by atoms with van der Waals surface area (Å²) in [5, 5.41) is 0. The third-order valence-corrected chi connectivity index (χ3v) is 6.23. The molecule has 124 valence electrons. The summed E-state index contributed by atoms with van der Waals surface area (Å²) in [5.41, 5.74) is -1.46. The minimum absolute atomic E-state index is 0.00303. The Hall–Kier alpha value is -0.675. The van der Waals surface area contributed by atoms with Crippen LogP contribution in [0.1, 0.15) is 61.3 Å². The van der Waals surface area contributed by atoms with Crippen molar-refractivity contribution in [2.45, 2.75) is 78.8 Å². The van der Waals surface area contributed by atoms with Gasteiger partial charge in [-0.25, -0.2) is 0 Å². The summed E-state index contributed by atoms with van der Waals surface area (Å²) in [5.74, 6) is 0.612. The molecule has 0 unspecified atom stereocenters. The first-order valence-electron chi connectivity index (χ1n) is 8.29. The van der Waals surface area contributed by atoms with E-state index in [2.05, 4.69) is 6.92 Å². The normalized spacial score (nSPS) is 32.2. The lowest BCUT2D eigenvalue weighted by molar-refractivity contribution is -0.138. The zero-order valence-corrected chi connectivity index (χ0v) is 15.0. The van der Waals surface area contributed by atoms with Crippen LogP contribution in [-0.4, -0.2) is 29.9 Å². The van der Waals surface area contributed by atoms with Crippen LogP contribution in [0.25, 0.3) is 0 Å². The summed E-state index contributed by atoms with van der Waals surface area (Å²) >= 11 is 0. The summed E-state index contributed by atoms with van der Waals surface area (Å²) in [6.07, 6.45) is 2.03. The van der Waals surface area contributed by atoms with Gasteiger partial charge in [0.15, 0.2) is 0 Å². The summed E-state index contributed by atoms with van der Waals surface area (Å²) in [4.78, 5) is 24.1. The molecule has 1 saturated carbocycles. The van der Waals surface area contributed by atoms with Gasteiger partial charge in [0, 0.05) is 0 Å². The minimum atomic E-state index is -0.784. The standard InChI is InChI=1S/C17H29BO4/c1-11-8-17(12(2)19,13(3)20)9-14(11)10-18-21-15(4,5)16(6,7)22-18/h11,14H,8-10H2,1-7H3/t11-,14+/m0/s1. The van der Waals surface area contributed by atoms with E-state index >= 15 is 0 Å². The molecule has 5 heteroatoms. The van der Waals surface area contributed by atoms with Crippen molar-refractivity contribution in [1.29, 1.82) is 0 Å². The Morgan fingerprint density at radius 1 is 1.00 bits per heavy atom. The highest BCUT2D eigenvalue weighted by Crippen LogP contribution is 2.50. The van der Waals surface area contributed by atoms with Gasteiger partial charge in [-0.1, -0.05) is 6.92 Å². The molecule has 0 spiro atoms. The van der Waals surface area contributed by atoms with Gasteiger partial charge < -0.3 is 9.31 Å². The second-order valence-electron chi connectivity index (χ2n) is 8.26. The zero-order valence-electron chi connectivity index (χ0n) is 15.0. The molecule has 1 heterocycles. The van der Waals surface area contributed by atoms with Crippen molar-refractivity contribution in [3.05, 3.63) is 0 Å². The van der Waals surface area contributed by atoms with Crippen molar-refractivity contribution in [1.82, 2.24) is 0 Å². The highest BCUT2D eigenvalue weighted by Gasteiger charge is 2.55. The van der Waals surface area contributed by atoms with Crippen molar-refractivity contribution in [3.63, 3.8) is 0 Å². The SMILES string of the molecule is CC(=O)C1(C(C)=O)C[C@H](CB2OC(C)(C)C(C)(C)O2)[C@@H](C)C1. The molecule has 2 aliphatic rings. The number of carbonyl (C=O) groups excluding carboxylic acids is 2. The van der Waals surface area contributed by atoms with Gasteiger partial charge in [0.25, 0.3) is 0 Å². The third-order valence-electron chi connectivity index (χ3n) is 6.23. The molecule has 22 heavy (non-hydrogen) atoms. The largest absolute Gasteiger partial charge is 0.458 e. The van der Waals surface area contributed by atoms with Crippen molar-refractivity contribution in [2.24, 2.45) is 17.3 Å². The minimum Gasteiger partial charge on any atom is -0.403 e. The van der Waals surface area contributed by atoms with Gasteiger partial charge in [0.05, 0.1) is 16.6 Å². The van der Waals surface area contributed by atoms with Crippen LogP contribution in [0.15, 0.2) is 0 Å². The van der Waals surface area contributed by atoms with E-state index in [-0.39, 0.29) is 35.8 Å². The fourth-order valence-electron chi connectivity index (χ4n) is 3.90. The lowest BCUT2D eigenvalue weighted by Crippen LogP contribution is -2.41. The molecule has 1 aliphatic carbocycles. The van der Waals surface area contributed by atoms with E-state index in [1.807, 2.05) is 27.7 Å². The Balaban J connectivity index is 2.10. The molecule has 2 fully saturated rings. The molecule has 0 amide bonds. The van der Waals surface area contributed by atoms with Crippen LogP contribution in [0.3, 0.4) is 0 Å². The predicted octanol–water partition coefficient (Wildman–Crippen LogP) is 3.29.